The zero-order valence-corrected chi connectivity index (χ0v) is 11.7. The first-order valence-corrected chi connectivity index (χ1v) is 7.21. The maximum absolute atomic E-state index is 11.7. The van der Waals surface area contributed by atoms with Gasteiger partial charge in [-0.05, 0) is 30.0 Å². The Balaban J connectivity index is 1.89. The van der Waals surface area contributed by atoms with E-state index in [4.69, 9.17) is 4.74 Å². The lowest BCUT2D eigenvalue weighted by Crippen LogP contribution is -2.22. The number of nitrogens with one attached hydrogen (secondary N) is 1. The first-order chi connectivity index (χ1) is 9.29. The summed E-state index contributed by atoms with van der Waals surface area (Å²) < 4.78 is 5.64. The number of thiophene rings is 1. The van der Waals surface area contributed by atoms with E-state index in [0.29, 0.717) is 13.2 Å². The van der Waals surface area contributed by atoms with Gasteiger partial charge in [0, 0.05) is 12.1 Å². The molecule has 0 aliphatic carbocycles. The molecule has 2 aromatic rings. The van der Waals surface area contributed by atoms with Crippen LogP contribution in [0.25, 0.3) is 0 Å². The molecule has 0 saturated carbocycles. The zero-order valence-electron chi connectivity index (χ0n) is 10.9. The Morgan fingerprint density at radius 3 is 2.84 bits per heavy atom. The van der Waals surface area contributed by atoms with E-state index in [1.807, 2.05) is 48.7 Å². The van der Waals surface area contributed by atoms with Crippen LogP contribution in [0.5, 0.6) is 5.75 Å². The highest BCUT2D eigenvalue weighted by molar-refractivity contribution is 7.12. The summed E-state index contributed by atoms with van der Waals surface area (Å²) in [5.74, 6) is 0.837. The normalized spacial score (nSPS) is 10.2. The molecule has 1 aromatic heterocycles. The Labute approximate surface area is 117 Å². The van der Waals surface area contributed by atoms with Gasteiger partial charge in [0.25, 0.3) is 5.91 Å². The minimum Gasteiger partial charge on any atom is -0.489 e. The third-order valence-corrected chi connectivity index (χ3v) is 3.54. The van der Waals surface area contributed by atoms with Gasteiger partial charge in [-0.25, -0.2) is 0 Å². The number of para-hydroxylation sites is 1. The second-order valence-electron chi connectivity index (χ2n) is 4.18. The lowest BCUT2D eigenvalue weighted by Gasteiger charge is -2.03. The standard InChI is InChI=1S/C15H17NO2S/c1-2-8-16-15(17)14-9-12(11-19-14)10-18-13-6-4-3-5-7-13/h3-7,9,11H,2,8,10H2,1H3,(H,16,17). The molecule has 0 fully saturated rings. The van der Waals surface area contributed by atoms with Gasteiger partial charge in [-0.3, -0.25) is 4.79 Å². The minimum absolute atomic E-state index is 0.00203. The van der Waals surface area contributed by atoms with Crippen LogP contribution in [0.3, 0.4) is 0 Å². The Morgan fingerprint density at radius 2 is 2.11 bits per heavy atom. The summed E-state index contributed by atoms with van der Waals surface area (Å²) >= 11 is 1.45. The Morgan fingerprint density at radius 1 is 1.32 bits per heavy atom. The van der Waals surface area contributed by atoms with E-state index in [0.717, 1.165) is 22.6 Å². The molecule has 1 aromatic carbocycles. The van der Waals surface area contributed by atoms with Crippen molar-refractivity contribution in [3.8, 4) is 5.75 Å². The molecule has 4 heteroatoms. The van der Waals surface area contributed by atoms with Crippen molar-refractivity contribution in [2.45, 2.75) is 20.0 Å². The summed E-state index contributed by atoms with van der Waals surface area (Å²) in [4.78, 5) is 12.5. The topological polar surface area (TPSA) is 38.3 Å². The summed E-state index contributed by atoms with van der Waals surface area (Å²) in [5, 5.41) is 4.83. The van der Waals surface area contributed by atoms with Gasteiger partial charge in [-0.2, -0.15) is 0 Å². The van der Waals surface area contributed by atoms with E-state index < -0.39 is 0 Å². The second kappa shape index (κ2) is 6.95. The molecule has 0 radical (unpaired) electrons. The zero-order chi connectivity index (χ0) is 13.5. The highest BCUT2D eigenvalue weighted by Crippen LogP contribution is 2.17. The first-order valence-electron chi connectivity index (χ1n) is 6.33. The van der Waals surface area contributed by atoms with E-state index in [1.165, 1.54) is 11.3 Å². The first kappa shape index (κ1) is 13.6. The van der Waals surface area contributed by atoms with Crippen LogP contribution in [0, 0.1) is 0 Å². The Hall–Kier alpha value is -1.81. The van der Waals surface area contributed by atoms with Crippen LogP contribution in [-0.4, -0.2) is 12.5 Å². The van der Waals surface area contributed by atoms with Gasteiger partial charge in [-0.1, -0.05) is 25.1 Å². The van der Waals surface area contributed by atoms with E-state index in [1.54, 1.807) is 0 Å². The molecule has 0 spiro atoms. The molecular formula is C15H17NO2S. The lowest BCUT2D eigenvalue weighted by molar-refractivity contribution is 0.0957. The van der Waals surface area contributed by atoms with Crippen LogP contribution < -0.4 is 10.1 Å². The summed E-state index contributed by atoms with van der Waals surface area (Å²) in [6, 6.07) is 11.5. The maximum atomic E-state index is 11.7. The summed E-state index contributed by atoms with van der Waals surface area (Å²) in [5.41, 5.74) is 1.02. The molecule has 2 rings (SSSR count). The molecule has 0 bridgehead atoms. The van der Waals surface area contributed by atoms with Crippen LogP contribution >= 0.6 is 11.3 Å². The van der Waals surface area contributed by atoms with Crippen LogP contribution in [0.4, 0.5) is 0 Å². The van der Waals surface area contributed by atoms with Gasteiger partial charge < -0.3 is 10.1 Å². The largest absolute Gasteiger partial charge is 0.489 e. The van der Waals surface area contributed by atoms with Gasteiger partial charge in [0.15, 0.2) is 0 Å². The monoisotopic (exact) mass is 275 g/mol. The molecule has 1 N–H and O–H groups in total. The lowest BCUT2D eigenvalue weighted by atomic mass is 10.3. The molecule has 0 aliphatic heterocycles. The number of amides is 1. The highest BCUT2D eigenvalue weighted by Gasteiger charge is 2.08. The fraction of sp³-hybridized carbons (Fsp3) is 0.267. The van der Waals surface area contributed by atoms with Gasteiger partial charge in [0.1, 0.15) is 12.4 Å². The number of hydrogen-bond donors (Lipinski definition) is 1. The predicted octanol–water partition coefficient (Wildman–Crippen LogP) is 3.47. The van der Waals surface area contributed by atoms with Crippen molar-refractivity contribution < 1.29 is 9.53 Å². The van der Waals surface area contributed by atoms with Crippen molar-refractivity contribution >= 4 is 17.2 Å². The third-order valence-electron chi connectivity index (χ3n) is 2.56. The van der Waals surface area contributed by atoms with Crippen LogP contribution in [0.1, 0.15) is 28.6 Å². The third kappa shape index (κ3) is 4.10. The van der Waals surface area contributed by atoms with E-state index in [2.05, 4.69) is 5.32 Å². The second-order valence-corrected chi connectivity index (χ2v) is 5.09. The van der Waals surface area contributed by atoms with Crippen molar-refractivity contribution in [3.63, 3.8) is 0 Å². The fourth-order valence-electron chi connectivity index (χ4n) is 1.58. The number of hydrogen-bond acceptors (Lipinski definition) is 3. The van der Waals surface area contributed by atoms with Crippen LogP contribution in [-0.2, 0) is 6.61 Å². The van der Waals surface area contributed by atoms with Crippen LogP contribution in [0.15, 0.2) is 41.8 Å². The average molecular weight is 275 g/mol. The average Bonchev–Trinajstić information content (AvgIpc) is 2.92. The Kier molecular flexibility index (Phi) is 4.98. The summed E-state index contributed by atoms with van der Waals surface area (Å²) in [6.45, 7) is 3.24. The molecule has 1 amide bonds. The van der Waals surface area contributed by atoms with Crippen molar-refractivity contribution in [1.29, 1.82) is 0 Å². The number of benzene rings is 1. The molecule has 3 nitrogen and oxygen atoms in total. The molecular weight excluding hydrogens is 258 g/mol. The smallest absolute Gasteiger partial charge is 0.261 e. The predicted molar refractivity (Wildman–Crippen MR) is 77.7 cm³/mol. The molecule has 100 valence electrons. The molecule has 0 saturated heterocycles. The van der Waals surface area contributed by atoms with Crippen molar-refractivity contribution in [1.82, 2.24) is 5.32 Å². The summed E-state index contributed by atoms with van der Waals surface area (Å²) in [7, 11) is 0. The molecule has 0 aliphatic rings. The quantitative estimate of drug-likeness (QED) is 0.876. The van der Waals surface area contributed by atoms with Crippen molar-refractivity contribution in [2.24, 2.45) is 0 Å². The molecule has 19 heavy (non-hydrogen) atoms. The Bertz CT molecular complexity index is 522. The maximum Gasteiger partial charge on any atom is 0.261 e. The molecule has 0 atom stereocenters. The van der Waals surface area contributed by atoms with E-state index in [-0.39, 0.29) is 5.91 Å². The number of carbonyl (C=O) groups excluding carboxylic acids is 1. The SMILES string of the molecule is CCCNC(=O)c1cc(COc2ccccc2)cs1. The molecule has 1 heterocycles. The van der Waals surface area contributed by atoms with Gasteiger partial charge in [0.2, 0.25) is 0 Å². The summed E-state index contributed by atoms with van der Waals surface area (Å²) in [6.07, 6.45) is 0.946. The fourth-order valence-corrected chi connectivity index (χ4v) is 2.39. The number of carbonyl (C=O) groups is 1. The number of rotatable bonds is 6. The number of ether oxygens (including phenoxy) is 1. The van der Waals surface area contributed by atoms with Crippen molar-refractivity contribution in [2.75, 3.05) is 6.54 Å². The van der Waals surface area contributed by atoms with E-state index in [9.17, 15) is 4.79 Å². The van der Waals surface area contributed by atoms with Gasteiger partial charge in [0.05, 0.1) is 4.88 Å². The highest BCUT2D eigenvalue weighted by atomic mass is 32.1. The minimum atomic E-state index is -0.00203. The van der Waals surface area contributed by atoms with E-state index >= 15 is 0 Å². The van der Waals surface area contributed by atoms with Gasteiger partial charge >= 0.3 is 0 Å². The molecule has 0 unspecified atom stereocenters. The van der Waals surface area contributed by atoms with Gasteiger partial charge in [-0.15, -0.1) is 11.3 Å². The van der Waals surface area contributed by atoms with Crippen LogP contribution in [0.2, 0.25) is 0 Å². The van der Waals surface area contributed by atoms with Crippen molar-refractivity contribution in [3.05, 3.63) is 52.2 Å².